The molecule has 2 atom stereocenters. The zero-order chi connectivity index (χ0) is 18.2. The molecule has 2 unspecified atom stereocenters. The number of rotatable bonds is 4. The molecule has 25 heavy (non-hydrogen) atoms. The number of carbonyl (C=O) groups excluding carboxylic acids is 2. The van der Waals surface area contributed by atoms with Crippen LogP contribution in [-0.4, -0.2) is 44.3 Å². The van der Waals surface area contributed by atoms with Gasteiger partial charge in [0, 0.05) is 24.7 Å². The fraction of sp³-hybridized carbons (Fsp3) is 0.556. The van der Waals surface area contributed by atoms with Gasteiger partial charge in [0.15, 0.2) is 9.84 Å². The van der Waals surface area contributed by atoms with Gasteiger partial charge in [-0.05, 0) is 24.0 Å². The lowest BCUT2D eigenvalue weighted by atomic mass is 10.0. The molecule has 0 aliphatic carbocycles. The van der Waals surface area contributed by atoms with Gasteiger partial charge in [0.05, 0.1) is 17.4 Å². The Balaban J connectivity index is 1.70. The molecule has 0 aromatic heterocycles. The number of amides is 2. The van der Waals surface area contributed by atoms with Crippen LogP contribution in [0, 0.1) is 5.92 Å². The minimum Gasteiger partial charge on any atom is -0.352 e. The van der Waals surface area contributed by atoms with E-state index in [0.717, 1.165) is 11.3 Å². The molecule has 2 heterocycles. The largest absolute Gasteiger partial charge is 0.352 e. The molecule has 0 saturated carbocycles. The monoisotopic (exact) mass is 364 g/mol. The second-order valence-electron chi connectivity index (χ2n) is 7.23. The van der Waals surface area contributed by atoms with Crippen LogP contribution >= 0.6 is 0 Å². The molecule has 0 radical (unpaired) electrons. The molecule has 136 valence electrons. The van der Waals surface area contributed by atoms with Gasteiger partial charge < -0.3 is 10.2 Å². The standard InChI is InChI=1S/C18H24N2O4S/c1-12(2)15-5-3-4-6-16(15)20-10-13(9-17(20)21)18(22)19-14-7-8-25(23,24)11-14/h3-6,12-14H,7-11H2,1-2H3,(H,19,22). The average Bonchev–Trinajstić information content (AvgIpc) is 3.09. The predicted molar refractivity (Wildman–Crippen MR) is 96.2 cm³/mol. The van der Waals surface area contributed by atoms with E-state index in [-0.39, 0.29) is 41.7 Å². The number of carbonyl (C=O) groups is 2. The molecule has 6 nitrogen and oxygen atoms in total. The Morgan fingerprint density at radius 2 is 2.00 bits per heavy atom. The summed E-state index contributed by atoms with van der Waals surface area (Å²) in [6.07, 6.45) is 0.617. The third kappa shape index (κ3) is 3.86. The number of hydrogen-bond donors (Lipinski definition) is 1. The van der Waals surface area contributed by atoms with Gasteiger partial charge in [0.25, 0.3) is 0 Å². The number of para-hydroxylation sites is 1. The van der Waals surface area contributed by atoms with Crippen LogP contribution in [0.1, 0.15) is 38.2 Å². The molecule has 0 spiro atoms. The van der Waals surface area contributed by atoms with E-state index in [1.165, 1.54) is 0 Å². The van der Waals surface area contributed by atoms with Gasteiger partial charge in [0.2, 0.25) is 11.8 Å². The molecular weight excluding hydrogens is 340 g/mol. The Bertz CT molecular complexity index is 788. The van der Waals surface area contributed by atoms with Gasteiger partial charge in [-0.1, -0.05) is 32.0 Å². The highest BCUT2D eigenvalue weighted by Crippen LogP contribution is 2.32. The van der Waals surface area contributed by atoms with E-state index in [4.69, 9.17) is 0 Å². The zero-order valence-corrected chi connectivity index (χ0v) is 15.4. The summed E-state index contributed by atoms with van der Waals surface area (Å²) in [5.41, 5.74) is 1.94. The number of nitrogens with zero attached hydrogens (tertiary/aromatic N) is 1. The molecule has 1 aromatic carbocycles. The molecule has 3 rings (SSSR count). The van der Waals surface area contributed by atoms with E-state index in [1.807, 2.05) is 24.3 Å². The maximum atomic E-state index is 12.5. The Morgan fingerprint density at radius 1 is 1.28 bits per heavy atom. The lowest BCUT2D eigenvalue weighted by molar-refractivity contribution is -0.126. The van der Waals surface area contributed by atoms with E-state index in [0.29, 0.717) is 13.0 Å². The Morgan fingerprint density at radius 3 is 2.64 bits per heavy atom. The SMILES string of the molecule is CC(C)c1ccccc1N1CC(C(=O)NC2CCS(=O)(=O)C2)CC1=O. The topological polar surface area (TPSA) is 83.6 Å². The fourth-order valence-electron chi connectivity index (χ4n) is 3.57. The van der Waals surface area contributed by atoms with Crippen molar-refractivity contribution in [3.8, 4) is 0 Å². The highest BCUT2D eigenvalue weighted by atomic mass is 32.2. The van der Waals surface area contributed by atoms with Crippen LogP contribution in [0.15, 0.2) is 24.3 Å². The van der Waals surface area contributed by atoms with Crippen molar-refractivity contribution < 1.29 is 18.0 Å². The second-order valence-corrected chi connectivity index (χ2v) is 9.46. The normalized spacial score (nSPS) is 25.6. The summed E-state index contributed by atoms with van der Waals surface area (Å²) in [4.78, 5) is 26.6. The van der Waals surface area contributed by atoms with Crippen LogP contribution in [0.25, 0.3) is 0 Å². The van der Waals surface area contributed by atoms with Crippen LogP contribution < -0.4 is 10.2 Å². The van der Waals surface area contributed by atoms with Gasteiger partial charge in [0.1, 0.15) is 0 Å². The first kappa shape index (κ1) is 17.9. The summed E-state index contributed by atoms with van der Waals surface area (Å²) in [7, 11) is -3.04. The van der Waals surface area contributed by atoms with Crippen LogP contribution in [-0.2, 0) is 19.4 Å². The van der Waals surface area contributed by atoms with Crippen molar-refractivity contribution in [2.24, 2.45) is 5.92 Å². The van der Waals surface area contributed by atoms with Gasteiger partial charge in [-0.2, -0.15) is 0 Å². The van der Waals surface area contributed by atoms with Gasteiger partial charge in [-0.15, -0.1) is 0 Å². The first-order valence-electron chi connectivity index (χ1n) is 8.67. The average molecular weight is 364 g/mol. The molecule has 2 fully saturated rings. The summed E-state index contributed by atoms with van der Waals surface area (Å²) in [5.74, 6) is -0.321. The van der Waals surface area contributed by atoms with Crippen molar-refractivity contribution in [3.05, 3.63) is 29.8 Å². The molecule has 2 amide bonds. The minimum atomic E-state index is -3.04. The van der Waals surface area contributed by atoms with Crippen LogP contribution in [0.2, 0.25) is 0 Å². The van der Waals surface area contributed by atoms with E-state index < -0.39 is 15.8 Å². The summed E-state index contributed by atoms with van der Waals surface area (Å²) in [6.45, 7) is 4.49. The zero-order valence-electron chi connectivity index (χ0n) is 14.6. The van der Waals surface area contributed by atoms with Crippen molar-refractivity contribution in [1.82, 2.24) is 5.32 Å². The number of benzene rings is 1. The quantitative estimate of drug-likeness (QED) is 0.877. The first-order valence-corrected chi connectivity index (χ1v) is 10.5. The van der Waals surface area contributed by atoms with Gasteiger partial charge >= 0.3 is 0 Å². The molecule has 2 aliphatic rings. The van der Waals surface area contributed by atoms with Crippen LogP contribution in [0.3, 0.4) is 0 Å². The van der Waals surface area contributed by atoms with Crippen molar-refractivity contribution in [2.45, 2.75) is 38.6 Å². The summed E-state index contributed by atoms with van der Waals surface area (Å²) >= 11 is 0. The highest BCUT2D eigenvalue weighted by Gasteiger charge is 2.38. The third-order valence-electron chi connectivity index (χ3n) is 4.92. The molecule has 2 saturated heterocycles. The molecule has 7 heteroatoms. The fourth-order valence-corrected chi connectivity index (χ4v) is 5.24. The smallest absolute Gasteiger partial charge is 0.227 e. The summed E-state index contributed by atoms with van der Waals surface area (Å²) < 4.78 is 23.0. The maximum absolute atomic E-state index is 12.5. The Labute approximate surface area is 148 Å². The van der Waals surface area contributed by atoms with Crippen LogP contribution in [0.5, 0.6) is 0 Å². The first-order chi connectivity index (χ1) is 11.8. The van der Waals surface area contributed by atoms with E-state index >= 15 is 0 Å². The Hall–Kier alpha value is -1.89. The van der Waals surface area contributed by atoms with Gasteiger partial charge in [-0.25, -0.2) is 8.42 Å². The maximum Gasteiger partial charge on any atom is 0.227 e. The van der Waals surface area contributed by atoms with E-state index in [1.54, 1.807) is 4.90 Å². The molecule has 1 aromatic rings. The van der Waals surface area contributed by atoms with Crippen LogP contribution in [0.4, 0.5) is 5.69 Å². The number of anilines is 1. The molecular formula is C18H24N2O4S. The van der Waals surface area contributed by atoms with E-state index in [9.17, 15) is 18.0 Å². The Kier molecular flexibility index (Phi) is 4.86. The van der Waals surface area contributed by atoms with Crippen molar-refractivity contribution in [1.29, 1.82) is 0 Å². The summed E-state index contributed by atoms with van der Waals surface area (Å²) in [6, 6.07) is 7.43. The third-order valence-corrected chi connectivity index (χ3v) is 6.69. The van der Waals surface area contributed by atoms with Crippen molar-refractivity contribution >= 4 is 27.3 Å². The van der Waals surface area contributed by atoms with Gasteiger partial charge in [-0.3, -0.25) is 9.59 Å². The number of nitrogens with one attached hydrogen (secondary N) is 1. The predicted octanol–water partition coefficient (Wildman–Crippen LogP) is 1.47. The van der Waals surface area contributed by atoms with Crippen molar-refractivity contribution in [3.63, 3.8) is 0 Å². The van der Waals surface area contributed by atoms with E-state index in [2.05, 4.69) is 19.2 Å². The molecule has 2 aliphatic heterocycles. The number of sulfone groups is 1. The minimum absolute atomic E-state index is 0.000691. The second kappa shape index (κ2) is 6.78. The highest BCUT2D eigenvalue weighted by molar-refractivity contribution is 7.91. The summed E-state index contributed by atoms with van der Waals surface area (Å²) in [5, 5.41) is 2.81. The molecule has 0 bridgehead atoms. The van der Waals surface area contributed by atoms with Crippen molar-refractivity contribution in [2.75, 3.05) is 23.0 Å². The number of hydrogen-bond acceptors (Lipinski definition) is 4. The lowest BCUT2D eigenvalue weighted by Gasteiger charge is -2.22. The lowest BCUT2D eigenvalue weighted by Crippen LogP contribution is -2.40. The molecule has 1 N–H and O–H groups in total.